The van der Waals surface area contributed by atoms with Crippen molar-refractivity contribution >= 4 is 46.2 Å². The molecule has 0 bridgehead atoms. The van der Waals surface area contributed by atoms with Gasteiger partial charge in [-0.05, 0) is 45.9 Å². The molecule has 30 heavy (non-hydrogen) atoms. The number of carbonyl (C=O) groups is 1. The fourth-order valence-corrected chi connectivity index (χ4v) is 3.36. The van der Waals surface area contributed by atoms with Crippen LogP contribution in [0.2, 0.25) is 5.02 Å². The number of halogens is 1. The number of carboxylic acid groups (broad SMARTS) is 1. The average Bonchev–Trinajstić information content (AvgIpc) is 3.10. The third-order valence-electron chi connectivity index (χ3n) is 4.65. The van der Waals surface area contributed by atoms with E-state index in [1.54, 1.807) is 12.4 Å². The first-order valence-electron chi connectivity index (χ1n) is 9.64. The van der Waals surface area contributed by atoms with Gasteiger partial charge in [0.05, 0.1) is 23.5 Å². The normalized spacial score (nSPS) is 11.5. The highest BCUT2D eigenvalue weighted by atomic mass is 35.5. The molecule has 1 aromatic carbocycles. The van der Waals surface area contributed by atoms with Crippen LogP contribution in [0.15, 0.2) is 24.5 Å². The second kappa shape index (κ2) is 8.85. The monoisotopic (exact) mass is 432 g/mol. The summed E-state index contributed by atoms with van der Waals surface area (Å²) in [4.78, 5) is 27.0. The van der Waals surface area contributed by atoms with Crippen LogP contribution in [0.1, 0.15) is 44.1 Å². The maximum Gasteiger partial charge on any atom is 0.337 e. The Morgan fingerprint density at radius 3 is 2.57 bits per heavy atom. The number of rotatable bonds is 8. The summed E-state index contributed by atoms with van der Waals surface area (Å²) in [6.07, 6.45) is 1.71. The third-order valence-corrected chi connectivity index (χ3v) is 4.96. The number of fused-ring (bicyclic) bond motifs is 1. The fourth-order valence-electron chi connectivity index (χ4n) is 3.10. The first-order valence-corrected chi connectivity index (χ1v) is 10.0. The van der Waals surface area contributed by atoms with Gasteiger partial charge in [0.25, 0.3) is 0 Å². The average molecular weight is 433 g/mol. The van der Waals surface area contributed by atoms with Crippen LogP contribution in [-0.2, 0) is 0 Å². The zero-order chi connectivity index (χ0) is 22.0. The highest BCUT2D eigenvalue weighted by Crippen LogP contribution is 2.29. The van der Waals surface area contributed by atoms with E-state index in [0.29, 0.717) is 35.2 Å². The van der Waals surface area contributed by atoms with Crippen LogP contribution in [0.3, 0.4) is 0 Å². The number of aliphatic hydroxyl groups excluding tert-OH is 1. The number of benzene rings is 1. The lowest BCUT2D eigenvalue weighted by Gasteiger charge is -2.26. The number of hydrogen-bond donors (Lipinski definition) is 3. The molecule has 0 aliphatic heterocycles. The summed E-state index contributed by atoms with van der Waals surface area (Å²) in [7, 11) is 0. The largest absolute Gasteiger partial charge is 0.478 e. The van der Waals surface area contributed by atoms with Gasteiger partial charge < -0.3 is 25.0 Å². The van der Waals surface area contributed by atoms with Crippen LogP contribution in [-0.4, -0.2) is 54.9 Å². The molecule has 0 aliphatic carbocycles. The van der Waals surface area contributed by atoms with E-state index in [9.17, 15) is 15.0 Å². The van der Waals surface area contributed by atoms with Gasteiger partial charge in [0.1, 0.15) is 0 Å². The molecule has 3 aromatic rings. The lowest BCUT2D eigenvalue weighted by molar-refractivity contribution is 0.0697. The summed E-state index contributed by atoms with van der Waals surface area (Å²) in [5.74, 6) is -0.160. The Labute approximate surface area is 179 Å². The second-order valence-corrected chi connectivity index (χ2v) is 7.83. The zero-order valence-electron chi connectivity index (χ0n) is 17.3. The molecule has 0 fully saturated rings. The molecule has 160 valence electrons. The molecular formula is C20H25ClN6O3. The molecule has 0 unspecified atom stereocenters. The van der Waals surface area contributed by atoms with Crippen molar-refractivity contribution < 1.29 is 15.0 Å². The van der Waals surface area contributed by atoms with Crippen LogP contribution >= 0.6 is 11.6 Å². The second-order valence-electron chi connectivity index (χ2n) is 7.43. The number of carboxylic acids is 1. The van der Waals surface area contributed by atoms with E-state index in [4.69, 9.17) is 16.6 Å². The molecule has 0 aliphatic rings. The van der Waals surface area contributed by atoms with Gasteiger partial charge in [-0.3, -0.25) is 0 Å². The van der Waals surface area contributed by atoms with Crippen LogP contribution in [0.4, 0.5) is 17.5 Å². The maximum absolute atomic E-state index is 11.2. The molecule has 2 aromatic heterocycles. The minimum absolute atomic E-state index is 0.0220. The maximum atomic E-state index is 11.2. The summed E-state index contributed by atoms with van der Waals surface area (Å²) in [6, 6.07) is 4.80. The molecule has 10 heteroatoms. The van der Waals surface area contributed by atoms with Gasteiger partial charge in [-0.15, -0.1) is 0 Å². The number of aliphatic hydroxyl groups is 1. The quantitative estimate of drug-likeness (QED) is 0.493. The van der Waals surface area contributed by atoms with Crippen molar-refractivity contribution in [1.29, 1.82) is 0 Å². The molecule has 0 radical (unpaired) electrons. The topological polar surface area (TPSA) is 116 Å². The van der Waals surface area contributed by atoms with Gasteiger partial charge in [-0.2, -0.15) is 9.97 Å². The molecule has 9 nitrogen and oxygen atoms in total. The first-order chi connectivity index (χ1) is 14.2. The molecule has 0 saturated carbocycles. The highest BCUT2D eigenvalue weighted by molar-refractivity contribution is 6.33. The van der Waals surface area contributed by atoms with Gasteiger partial charge in [-0.1, -0.05) is 11.6 Å². The number of aromatic carboxylic acids is 1. The van der Waals surface area contributed by atoms with Crippen LogP contribution in [0.5, 0.6) is 0 Å². The van der Waals surface area contributed by atoms with Crippen LogP contribution in [0, 0.1) is 0 Å². The van der Waals surface area contributed by atoms with E-state index in [1.807, 2.05) is 37.2 Å². The predicted octanol–water partition coefficient (Wildman–Crippen LogP) is 3.71. The van der Waals surface area contributed by atoms with Crippen molar-refractivity contribution in [1.82, 2.24) is 19.5 Å². The minimum atomic E-state index is -1.09. The lowest BCUT2D eigenvalue weighted by Crippen LogP contribution is -2.35. The summed E-state index contributed by atoms with van der Waals surface area (Å²) in [6.45, 7) is 8.43. The summed E-state index contributed by atoms with van der Waals surface area (Å²) >= 11 is 6.11. The SMILES string of the molecule is CC(C)N(CCO)c1nc(Nc2ccc(C(=O)O)c(Cl)c2)c2ncn(C(C)C)c2n1. The van der Waals surface area contributed by atoms with Gasteiger partial charge in [0, 0.05) is 24.3 Å². The van der Waals surface area contributed by atoms with E-state index in [-0.39, 0.29) is 29.3 Å². The summed E-state index contributed by atoms with van der Waals surface area (Å²) in [5.41, 5.74) is 1.84. The Balaban J connectivity index is 2.12. The van der Waals surface area contributed by atoms with Gasteiger partial charge in [-0.25, -0.2) is 9.78 Å². The number of anilines is 3. The van der Waals surface area contributed by atoms with Crippen molar-refractivity contribution in [3.63, 3.8) is 0 Å². The number of nitrogens with zero attached hydrogens (tertiary/aromatic N) is 5. The Morgan fingerprint density at radius 1 is 1.27 bits per heavy atom. The standard InChI is InChI=1S/C20H25ClN6O3/c1-11(2)26(7-8-28)20-24-17(16-18(25-20)27(10-22-16)12(3)4)23-13-5-6-14(19(29)30)15(21)9-13/h5-6,9-12,28H,7-8H2,1-4H3,(H,29,30)(H,23,24,25). The Kier molecular flexibility index (Phi) is 6.42. The van der Waals surface area contributed by atoms with Crippen LogP contribution < -0.4 is 10.2 Å². The van der Waals surface area contributed by atoms with Gasteiger partial charge in [0.15, 0.2) is 17.0 Å². The summed E-state index contributed by atoms with van der Waals surface area (Å²) < 4.78 is 1.95. The van der Waals surface area contributed by atoms with E-state index in [1.165, 1.54) is 12.1 Å². The van der Waals surface area contributed by atoms with Gasteiger partial charge in [0.2, 0.25) is 5.95 Å². The third kappa shape index (κ3) is 4.31. The molecule has 3 rings (SSSR count). The fraction of sp³-hybridized carbons (Fsp3) is 0.400. The number of aromatic nitrogens is 4. The van der Waals surface area contributed by atoms with E-state index in [0.717, 1.165) is 0 Å². The van der Waals surface area contributed by atoms with Crippen molar-refractivity contribution in [2.75, 3.05) is 23.4 Å². The van der Waals surface area contributed by atoms with E-state index in [2.05, 4.69) is 15.3 Å². The molecule has 2 heterocycles. The zero-order valence-corrected chi connectivity index (χ0v) is 18.1. The Bertz CT molecular complexity index is 1070. The number of hydrogen-bond acceptors (Lipinski definition) is 7. The van der Waals surface area contributed by atoms with Gasteiger partial charge >= 0.3 is 5.97 Å². The van der Waals surface area contributed by atoms with Crippen molar-refractivity contribution in [2.45, 2.75) is 39.8 Å². The van der Waals surface area contributed by atoms with Crippen molar-refractivity contribution in [3.05, 3.63) is 35.1 Å². The molecular weight excluding hydrogens is 408 g/mol. The van der Waals surface area contributed by atoms with Crippen LogP contribution in [0.25, 0.3) is 11.2 Å². The predicted molar refractivity (Wildman–Crippen MR) is 117 cm³/mol. The highest BCUT2D eigenvalue weighted by Gasteiger charge is 2.20. The Hall–Kier alpha value is -2.91. The first kappa shape index (κ1) is 21.8. The smallest absolute Gasteiger partial charge is 0.337 e. The molecule has 0 saturated heterocycles. The molecule has 0 spiro atoms. The lowest BCUT2D eigenvalue weighted by atomic mass is 10.2. The number of nitrogens with one attached hydrogen (secondary N) is 1. The minimum Gasteiger partial charge on any atom is -0.478 e. The summed E-state index contributed by atoms with van der Waals surface area (Å²) in [5, 5.41) is 22.0. The molecule has 3 N–H and O–H groups in total. The number of imidazole rings is 1. The van der Waals surface area contributed by atoms with E-state index >= 15 is 0 Å². The van der Waals surface area contributed by atoms with E-state index < -0.39 is 5.97 Å². The molecule has 0 atom stereocenters. The molecule has 0 amide bonds. The van der Waals surface area contributed by atoms with Crippen molar-refractivity contribution in [3.8, 4) is 0 Å². The van der Waals surface area contributed by atoms with Crippen molar-refractivity contribution in [2.24, 2.45) is 0 Å². The Morgan fingerprint density at radius 2 is 2.00 bits per heavy atom.